The van der Waals surface area contributed by atoms with Crippen molar-refractivity contribution in [3.8, 4) is 0 Å². The molecule has 0 aliphatic carbocycles. The fraction of sp³-hybridized carbons (Fsp3) is 0.698. The van der Waals surface area contributed by atoms with Gasteiger partial charge in [0.15, 0.2) is 0 Å². The third kappa shape index (κ3) is 69.2. The Bertz CT molecular complexity index is 3210. The summed E-state index contributed by atoms with van der Waals surface area (Å²) in [7, 11) is 10.2. The van der Waals surface area contributed by atoms with Crippen LogP contribution in [-0.4, -0.2) is 48.0 Å². The number of nitrogens with zero attached hydrogens (tertiary/aromatic N) is 10. The third-order valence-corrected chi connectivity index (χ3v) is 11.0. The van der Waals surface area contributed by atoms with Crippen molar-refractivity contribution in [2.75, 3.05) is 0 Å². The van der Waals surface area contributed by atoms with E-state index in [1.54, 1.807) is 106 Å². The van der Waals surface area contributed by atoms with Gasteiger partial charge in [0.05, 0.1) is 17.6 Å². The van der Waals surface area contributed by atoms with Crippen LogP contribution in [0.3, 0.4) is 0 Å². The molecule has 0 radical (unpaired) electrons. The minimum absolute atomic E-state index is 0.000417. The van der Waals surface area contributed by atoms with E-state index >= 15 is 0 Å². The standard InChI is InChI=1S/2C10H15NO.4C9H14N2O.6C5H12/c1-10(2,3)8-5-6-11(4)9(12)7-8;1-10(2,3)8-5-6-9(12)11(4)7-8;1-9(2,3)7-5-10-8(12)11(4)6-7;1-9(2,3)7-5-8(12)11(4)10-6-7;2*1-9(2,3)7-5-6-8(12)11(4)10-7;6*1-5(2,3)4/h2*5-7H,1-4H3;4*5-6H,1-4H3;6*1-4H3. The second-order valence-electron chi connectivity index (χ2n) is 42.0. The van der Waals surface area contributed by atoms with Gasteiger partial charge in [-0.05, 0) is 94.6 Å². The summed E-state index contributed by atoms with van der Waals surface area (Å²) in [6.45, 7) is 90.1. The van der Waals surface area contributed by atoms with E-state index in [9.17, 15) is 28.8 Å². The second kappa shape index (κ2) is 43.6. The molecule has 0 fully saturated rings. The summed E-state index contributed by atoms with van der Waals surface area (Å²) in [5.74, 6) is 0. The summed E-state index contributed by atoms with van der Waals surface area (Å²) in [4.78, 5) is 70.2. The average molecular weight is 1430 g/mol. The Morgan fingerprint density at radius 1 is 0.255 bits per heavy atom. The predicted molar refractivity (Wildman–Crippen MR) is 444 cm³/mol. The molecule has 0 bridgehead atoms. The van der Waals surface area contributed by atoms with Crippen molar-refractivity contribution in [1.29, 1.82) is 0 Å². The van der Waals surface area contributed by atoms with Gasteiger partial charge in [-0.2, -0.15) is 15.3 Å². The number of rotatable bonds is 0. The first-order valence-corrected chi connectivity index (χ1v) is 36.0. The van der Waals surface area contributed by atoms with Crippen molar-refractivity contribution in [1.82, 2.24) is 48.0 Å². The summed E-state index contributed by atoms with van der Waals surface area (Å²) in [6, 6.07) is 15.5. The van der Waals surface area contributed by atoms with Crippen LogP contribution in [0.2, 0.25) is 0 Å². The molecule has 16 heteroatoms. The van der Waals surface area contributed by atoms with Gasteiger partial charge in [0.1, 0.15) is 0 Å². The lowest BCUT2D eigenvalue weighted by molar-refractivity contribution is 0.469. The molecular formula is C86H158N10O6. The highest BCUT2D eigenvalue weighted by Gasteiger charge is 2.19. The molecule has 6 heterocycles. The fourth-order valence-electron chi connectivity index (χ4n) is 5.64. The van der Waals surface area contributed by atoms with E-state index in [2.05, 4.69) is 311 Å². The van der Waals surface area contributed by atoms with Crippen LogP contribution in [-0.2, 0) is 74.8 Å². The number of aryl methyl sites for hydroxylation is 6. The first-order chi connectivity index (χ1) is 44.5. The summed E-state index contributed by atoms with van der Waals surface area (Å²) in [6.07, 6.45) is 8.91. The highest BCUT2D eigenvalue weighted by atomic mass is 16.2. The smallest absolute Gasteiger partial charge is 0.319 e. The van der Waals surface area contributed by atoms with E-state index in [0.717, 1.165) is 28.1 Å². The Kier molecular flexibility index (Phi) is 45.5. The molecule has 102 heavy (non-hydrogen) atoms. The van der Waals surface area contributed by atoms with Crippen LogP contribution in [0.25, 0.3) is 0 Å². The first-order valence-electron chi connectivity index (χ1n) is 36.0. The van der Waals surface area contributed by atoms with E-state index in [1.165, 1.54) is 24.2 Å². The number of hydrogen-bond acceptors (Lipinski definition) is 10. The molecule has 0 saturated heterocycles. The van der Waals surface area contributed by atoms with Crippen molar-refractivity contribution in [2.24, 2.45) is 74.8 Å². The van der Waals surface area contributed by atoms with E-state index in [4.69, 9.17) is 0 Å². The van der Waals surface area contributed by atoms with Crippen LogP contribution in [0.1, 0.15) is 324 Å². The van der Waals surface area contributed by atoms with Gasteiger partial charge in [-0.25, -0.2) is 23.8 Å². The molecule has 0 unspecified atom stereocenters. The van der Waals surface area contributed by atoms with Gasteiger partial charge < -0.3 is 13.7 Å². The third-order valence-electron chi connectivity index (χ3n) is 11.0. The number of pyridine rings is 2. The topological polar surface area (TPSA) is 184 Å². The highest BCUT2D eigenvalue weighted by Crippen LogP contribution is 2.23. The van der Waals surface area contributed by atoms with E-state index in [0.29, 0.717) is 32.5 Å². The molecule has 6 aromatic rings. The van der Waals surface area contributed by atoms with E-state index in [-0.39, 0.29) is 66.0 Å². The van der Waals surface area contributed by atoms with Crippen molar-refractivity contribution in [2.45, 2.75) is 323 Å². The SMILES string of the molecule is CC(C)(C)C.CC(C)(C)C.CC(C)(C)C.CC(C)(C)C.CC(C)(C)C.CC(C)(C)C.Cn1cc(C(C)(C)C)ccc1=O.Cn1cc(C(C)(C)C)cnc1=O.Cn1ccc(C(C)(C)C)cc1=O.Cn1nc(C(C)(C)C)ccc1=O.Cn1nc(C(C)(C)C)ccc1=O.Cn1ncc(C(C)(C)C)cc1=O. The van der Waals surface area contributed by atoms with Gasteiger partial charge in [0.25, 0.3) is 22.2 Å². The quantitative estimate of drug-likeness (QED) is 0.142. The Morgan fingerprint density at radius 2 is 0.539 bits per heavy atom. The molecule has 0 N–H and O–H groups in total. The Labute approximate surface area is 624 Å². The largest absolute Gasteiger partial charge is 0.347 e. The maximum absolute atomic E-state index is 11.2. The van der Waals surface area contributed by atoms with Gasteiger partial charge in [-0.1, -0.05) is 297 Å². The lowest BCUT2D eigenvalue weighted by Gasteiger charge is -2.19. The van der Waals surface area contributed by atoms with Crippen molar-refractivity contribution in [3.63, 3.8) is 0 Å². The molecule has 0 aromatic carbocycles. The zero-order valence-electron chi connectivity index (χ0n) is 75.0. The minimum atomic E-state index is -0.206. The van der Waals surface area contributed by atoms with Crippen LogP contribution in [0.5, 0.6) is 0 Å². The molecule has 6 aromatic heterocycles. The minimum Gasteiger partial charge on any atom is -0.319 e. The van der Waals surface area contributed by atoms with E-state index < -0.39 is 0 Å². The van der Waals surface area contributed by atoms with Crippen LogP contribution >= 0.6 is 0 Å². The molecule has 0 atom stereocenters. The fourth-order valence-corrected chi connectivity index (χ4v) is 5.64. The molecule has 0 saturated carbocycles. The Balaban J connectivity index is -0.000000251. The maximum Gasteiger partial charge on any atom is 0.347 e. The monoisotopic (exact) mass is 1430 g/mol. The van der Waals surface area contributed by atoms with Gasteiger partial charge >= 0.3 is 5.69 Å². The van der Waals surface area contributed by atoms with Gasteiger partial charge in [-0.15, -0.1) is 0 Å². The van der Waals surface area contributed by atoms with Gasteiger partial charge in [-0.3, -0.25) is 24.0 Å². The van der Waals surface area contributed by atoms with Crippen molar-refractivity contribution >= 4 is 0 Å². The highest BCUT2D eigenvalue weighted by molar-refractivity contribution is 5.21. The molecule has 0 spiro atoms. The van der Waals surface area contributed by atoms with Gasteiger partial charge in [0.2, 0.25) is 5.56 Å². The molecule has 588 valence electrons. The first kappa shape index (κ1) is 106. The molecule has 0 aliphatic rings. The Hall–Kier alpha value is -6.58. The predicted octanol–water partition coefficient (Wildman–Crippen LogP) is 20.0. The van der Waals surface area contributed by atoms with Crippen LogP contribution in [0, 0.1) is 32.5 Å². The zero-order valence-corrected chi connectivity index (χ0v) is 75.0. The normalized spacial score (nSPS) is 11.8. The van der Waals surface area contributed by atoms with Crippen molar-refractivity contribution < 1.29 is 0 Å². The van der Waals surface area contributed by atoms with Crippen LogP contribution < -0.4 is 33.5 Å². The lowest BCUT2D eigenvalue weighted by Crippen LogP contribution is -2.24. The lowest BCUT2D eigenvalue weighted by atomic mass is 9.88. The summed E-state index contributed by atoms with van der Waals surface area (Å²) < 4.78 is 8.74. The summed E-state index contributed by atoms with van der Waals surface area (Å²) >= 11 is 0. The molecule has 16 nitrogen and oxygen atoms in total. The number of aromatic nitrogens is 10. The molecule has 0 aliphatic heterocycles. The van der Waals surface area contributed by atoms with Crippen molar-refractivity contribution in [3.05, 3.63) is 181 Å². The zero-order chi connectivity index (χ0) is 83.1. The average Bonchev–Trinajstić information content (AvgIpc) is 0.887. The summed E-state index contributed by atoms with van der Waals surface area (Å²) in [5.41, 5.74) is 9.15. The molecule has 0 amide bonds. The van der Waals surface area contributed by atoms with Gasteiger partial charge in [0, 0.05) is 108 Å². The second-order valence-corrected chi connectivity index (χ2v) is 42.0. The number of hydrogen-bond donors (Lipinski definition) is 0. The Morgan fingerprint density at radius 3 is 0.784 bits per heavy atom. The maximum atomic E-state index is 11.2. The molecular weight excluding hydrogens is 1270 g/mol. The van der Waals surface area contributed by atoms with E-state index in [1.807, 2.05) is 30.7 Å². The van der Waals surface area contributed by atoms with Crippen LogP contribution in [0.4, 0.5) is 0 Å². The van der Waals surface area contributed by atoms with Crippen LogP contribution in [0.15, 0.2) is 114 Å². The molecule has 6 rings (SSSR count). The summed E-state index contributed by atoms with van der Waals surface area (Å²) in [5, 5.41) is 12.2.